The zero-order valence-electron chi connectivity index (χ0n) is 30.0. The smallest absolute Gasteiger partial charge is 0.0184 e. The van der Waals surface area contributed by atoms with Crippen LogP contribution >= 0.6 is 0 Å². The van der Waals surface area contributed by atoms with Crippen LogP contribution in [0.15, 0.2) is 138 Å². The van der Waals surface area contributed by atoms with Gasteiger partial charge in [-0.15, -0.1) is 12.5 Å². The van der Waals surface area contributed by atoms with Crippen LogP contribution in [-0.4, -0.2) is 21.0 Å². The van der Waals surface area contributed by atoms with Crippen LogP contribution in [0, 0.1) is 28.7 Å². The molecule has 1 radical (unpaired) electrons. The molecule has 3 atom stereocenters. The molecular weight excluding hydrogens is 675 g/mol. The molecule has 9 rings (SSSR count). The molecule has 3 unspecified atom stereocenters. The van der Waals surface area contributed by atoms with Crippen LogP contribution in [0.5, 0.6) is 0 Å². The Bertz CT molecular complexity index is 1500. The second kappa shape index (κ2) is 17.0. The molecule has 1 N–H and O–H groups in total. The molecule has 0 aliphatic heterocycles. The summed E-state index contributed by atoms with van der Waals surface area (Å²) in [6.07, 6.45) is 11.2. The summed E-state index contributed by atoms with van der Waals surface area (Å²) in [5.74, 6) is 1.45. The first-order valence-electron chi connectivity index (χ1n) is 17.5. The average Bonchev–Trinajstić information content (AvgIpc) is 3.26. The van der Waals surface area contributed by atoms with Crippen LogP contribution < -0.4 is 8.79 Å². The van der Waals surface area contributed by atoms with Crippen molar-refractivity contribution >= 4 is 24.2 Å². The Labute approximate surface area is 313 Å². The van der Waals surface area contributed by atoms with E-state index >= 15 is 0 Å². The third-order valence-electron chi connectivity index (χ3n) is 10.7. The molecule has 3 heteroatoms. The fourth-order valence-electron chi connectivity index (χ4n) is 9.16. The number of hydrogen-bond donors (Lipinski definition) is 0. The van der Waals surface area contributed by atoms with Crippen molar-refractivity contribution in [2.24, 2.45) is 22.7 Å². The van der Waals surface area contributed by atoms with Crippen molar-refractivity contribution in [1.82, 2.24) is 0 Å². The number of hydrogen-bond acceptors (Lipinski definition) is 0. The van der Waals surface area contributed by atoms with Gasteiger partial charge in [-0.2, -0.15) is 11.1 Å². The summed E-state index contributed by atoms with van der Waals surface area (Å²) in [5, 5.41) is 0. The van der Waals surface area contributed by atoms with Crippen molar-refractivity contribution in [1.29, 1.82) is 0 Å². The topological polar surface area (TPSA) is 23.8 Å². The van der Waals surface area contributed by atoms with E-state index < -0.39 is 15.4 Å². The fraction of sp³-hybridized carbons (Fsp3) is 0.378. The Morgan fingerprint density at radius 2 is 1.00 bits per heavy atom. The molecule has 0 heterocycles. The molecule has 4 aromatic rings. The second-order valence-corrected chi connectivity index (χ2v) is 18.8. The summed E-state index contributed by atoms with van der Waals surface area (Å²) in [6.45, 7) is 13.5. The van der Waals surface area contributed by atoms with E-state index in [1.165, 1.54) is 75.2 Å². The van der Waals surface area contributed by atoms with Crippen LogP contribution in [-0.2, 0) is 21.7 Å². The van der Waals surface area contributed by atoms with Crippen molar-refractivity contribution in [2.45, 2.75) is 85.6 Å². The van der Waals surface area contributed by atoms with E-state index in [1.54, 1.807) is 0 Å². The maximum Gasteiger partial charge on any atom is -0.0184 e. The van der Waals surface area contributed by atoms with E-state index in [-0.39, 0.29) is 27.3 Å². The van der Waals surface area contributed by atoms with Gasteiger partial charge in [0.1, 0.15) is 0 Å². The Morgan fingerprint density at radius 1 is 0.604 bits per heavy atom. The van der Waals surface area contributed by atoms with E-state index in [0.29, 0.717) is 16.7 Å². The molecule has 5 aliphatic carbocycles. The second-order valence-electron chi connectivity index (χ2n) is 15.4. The molecule has 4 fully saturated rings. The molecule has 48 heavy (non-hydrogen) atoms. The van der Waals surface area contributed by atoms with E-state index in [0.717, 1.165) is 5.92 Å². The summed E-state index contributed by atoms with van der Waals surface area (Å²) in [6, 6.07) is 42.3. The molecule has 0 amide bonds. The average molecular weight is 729 g/mol. The SMILES string of the molecule is CC12CC3CC(C)(C1)CC([NH-])(C3)C2.CC1=[C-]C(C)C(C)=C1C.[Ti+2].c1cc[c]([GeH][c]2ccccc2)cc1.c1ccc(-c2ccccc2)cc1. The predicted molar refractivity (Wildman–Crippen MR) is 206 cm³/mol. The quantitative estimate of drug-likeness (QED) is 0.148. The Balaban J connectivity index is 0.000000145. The Hall–Kier alpha value is -2.42. The minimum Gasteiger partial charge on any atom is -0.0622 e. The zero-order valence-corrected chi connectivity index (χ0v) is 34.0. The van der Waals surface area contributed by atoms with Crippen molar-refractivity contribution in [2.75, 3.05) is 0 Å². The standard InChI is InChI=1S/C12H11Ge.C12H20N.C12H10.C9H13.Ti/c1-3-7-11(8-4-1)13-12-9-5-2-6-10-12;1-10-3-9-4-11(2,6-10)8-12(13,5-9)7-10;1-3-7-11(8-4-1)12-9-5-2-6-10-12;1-6-5-7(2)9(4)8(6)3;/h1-10,13H;9,13H,3-8H2,1-2H3;1-10H;6H,1-4H3;/q;-1;;-1;+2. The summed E-state index contributed by atoms with van der Waals surface area (Å²) >= 11 is -0.392. The molecule has 247 valence electrons. The van der Waals surface area contributed by atoms with Crippen molar-refractivity contribution in [3.63, 3.8) is 0 Å². The number of benzene rings is 4. The van der Waals surface area contributed by atoms with Crippen LogP contribution in [0.2, 0.25) is 0 Å². The zero-order chi connectivity index (χ0) is 33.5. The van der Waals surface area contributed by atoms with Crippen LogP contribution in [0.1, 0.15) is 80.1 Å². The largest absolute Gasteiger partial charge is 0.0622 e. The molecule has 4 aromatic carbocycles. The first kappa shape index (κ1) is 38.4. The molecule has 0 saturated heterocycles. The number of rotatable bonds is 3. The maximum atomic E-state index is 8.46. The normalized spacial score (nSPS) is 27.6. The van der Waals surface area contributed by atoms with E-state index in [9.17, 15) is 0 Å². The number of allylic oxidation sites excluding steroid dienone is 4. The van der Waals surface area contributed by atoms with Gasteiger partial charge in [-0.3, -0.25) is 6.08 Å². The molecule has 0 aromatic heterocycles. The summed E-state index contributed by atoms with van der Waals surface area (Å²) < 4.78 is 3.05. The fourth-order valence-corrected chi connectivity index (χ4v) is 11.7. The van der Waals surface area contributed by atoms with Crippen molar-refractivity contribution in [3.8, 4) is 11.1 Å². The van der Waals surface area contributed by atoms with Gasteiger partial charge in [-0.1, -0.05) is 120 Å². The molecule has 1 nitrogen and oxygen atoms in total. The maximum absolute atomic E-state index is 8.46. The first-order chi connectivity index (χ1) is 22.4. The molecule has 0 spiro atoms. The van der Waals surface area contributed by atoms with Crippen LogP contribution in [0.25, 0.3) is 16.9 Å². The van der Waals surface area contributed by atoms with Crippen LogP contribution in [0.4, 0.5) is 0 Å². The molecule has 5 aliphatic rings. The third-order valence-corrected chi connectivity index (χ3v) is 13.7. The van der Waals surface area contributed by atoms with Gasteiger partial charge in [0.2, 0.25) is 0 Å². The van der Waals surface area contributed by atoms with Crippen LogP contribution in [0.3, 0.4) is 0 Å². The third kappa shape index (κ3) is 10.5. The first-order valence-corrected chi connectivity index (χ1v) is 20.0. The Morgan fingerprint density at radius 3 is 1.29 bits per heavy atom. The summed E-state index contributed by atoms with van der Waals surface area (Å²) in [7, 11) is 0. The van der Waals surface area contributed by atoms with Gasteiger partial charge >= 0.3 is 107 Å². The van der Waals surface area contributed by atoms with E-state index in [2.05, 4.69) is 157 Å². The van der Waals surface area contributed by atoms with Crippen molar-refractivity contribution < 1.29 is 21.7 Å². The minimum atomic E-state index is -0.392. The minimum absolute atomic E-state index is 0. The van der Waals surface area contributed by atoms with Gasteiger partial charge in [0.15, 0.2) is 0 Å². The molecule has 4 bridgehead atoms. The number of nitrogens with one attached hydrogen (secondary N) is 1. The molecule has 4 saturated carbocycles. The van der Waals surface area contributed by atoms with Gasteiger partial charge in [0, 0.05) is 0 Å². The van der Waals surface area contributed by atoms with Gasteiger partial charge in [0.05, 0.1) is 0 Å². The van der Waals surface area contributed by atoms with Gasteiger partial charge in [-0.25, -0.2) is 5.57 Å². The van der Waals surface area contributed by atoms with E-state index in [4.69, 9.17) is 5.73 Å². The summed E-state index contributed by atoms with van der Waals surface area (Å²) in [5.41, 5.74) is 16.3. The molecular formula is C45H54GeNTi. The van der Waals surface area contributed by atoms with Gasteiger partial charge in [-0.05, 0) is 47.1 Å². The monoisotopic (exact) mass is 730 g/mol. The van der Waals surface area contributed by atoms with E-state index in [1.807, 2.05) is 12.1 Å². The van der Waals surface area contributed by atoms with Gasteiger partial charge < -0.3 is 5.73 Å². The Kier molecular flexibility index (Phi) is 13.6. The van der Waals surface area contributed by atoms with Crippen molar-refractivity contribution in [3.05, 3.63) is 150 Å². The summed E-state index contributed by atoms with van der Waals surface area (Å²) in [4.78, 5) is 0. The van der Waals surface area contributed by atoms with Gasteiger partial charge in [0.25, 0.3) is 0 Å². The predicted octanol–water partition coefficient (Wildman–Crippen LogP) is 10.9.